The van der Waals surface area contributed by atoms with E-state index in [4.69, 9.17) is 18.6 Å². The van der Waals surface area contributed by atoms with E-state index in [0.717, 1.165) is 40.5 Å². The lowest BCUT2D eigenvalue weighted by Gasteiger charge is -2.12. The molecule has 0 spiro atoms. The molecule has 1 heterocycles. The number of amides is 1. The first-order valence-corrected chi connectivity index (χ1v) is 11.9. The van der Waals surface area contributed by atoms with E-state index in [1.807, 2.05) is 55.5 Å². The molecule has 6 nitrogen and oxygen atoms in total. The zero-order valence-corrected chi connectivity index (χ0v) is 21.1. The number of methoxy groups -OCH3 is 3. The summed E-state index contributed by atoms with van der Waals surface area (Å²) >= 11 is 0. The first-order chi connectivity index (χ1) is 17.5. The molecule has 0 aliphatic carbocycles. The third-order valence-corrected chi connectivity index (χ3v) is 6.15. The molecule has 0 radical (unpaired) electrons. The molecule has 4 aromatic rings. The zero-order valence-electron chi connectivity index (χ0n) is 21.1. The van der Waals surface area contributed by atoms with Gasteiger partial charge in [0, 0.05) is 40.8 Å². The van der Waals surface area contributed by atoms with Crippen molar-refractivity contribution in [2.24, 2.45) is 0 Å². The molecular formula is C30H31NO5. The van der Waals surface area contributed by atoms with Crippen LogP contribution in [-0.2, 0) is 11.2 Å². The monoisotopic (exact) mass is 485 g/mol. The van der Waals surface area contributed by atoms with E-state index in [1.54, 1.807) is 33.7 Å². The standard InChI is InChI=1S/C30H31NO5/c1-20(15-30(32)31-14-8-11-21-9-6-5-7-10-21)23-17-25-26(19-36-29(25)18-28(23)35-4)24-16-22(33-2)12-13-27(24)34-3/h5-7,9-10,12-13,15-19H,8,11,14H2,1-4H3,(H,31,32)/b20-15+. The van der Waals surface area contributed by atoms with Crippen molar-refractivity contribution in [2.45, 2.75) is 19.8 Å². The third-order valence-electron chi connectivity index (χ3n) is 6.15. The minimum absolute atomic E-state index is 0.135. The average Bonchev–Trinajstić information content (AvgIpc) is 3.33. The fourth-order valence-corrected chi connectivity index (χ4v) is 4.24. The Labute approximate surface area is 211 Å². The van der Waals surface area contributed by atoms with E-state index in [9.17, 15) is 4.79 Å². The van der Waals surface area contributed by atoms with Gasteiger partial charge in [0.2, 0.25) is 5.91 Å². The van der Waals surface area contributed by atoms with E-state index in [0.29, 0.717) is 29.4 Å². The fraction of sp³-hybridized carbons (Fsp3) is 0.233. The summed E-state index contributed by atoms with van der Waals surface area (Å²) in [5.74, 6) is 1.92. The van der Waals surface area contributed by atoms with Gasteiger partial charge >= 0.3 is 0 Å². The molecule has 0 aliphatic rings. The molecule has 3 aromatic carbocycles. The zero-order chi connectivity index (χ0) is 25.5. The molecule has 0 aliphatic heterocycles. The van der Waals surface area contributed by atoms with Gasteiger partial charge < -0.3 is 23.9 Å². The summed E-state index contributed by atoms with van der Waals surface area (Å²) in [5, 5.41) is 3.87. The number of allylic oxidation sites excluding steroid dienone is 1. The molecule has 0 atom stereocenters. The van der Waals surface area contributed by atoms with Crippen LogP contribution in [0.4, 0.5) is 0 Å². The topological polar surface area (TPSA) is 69.9 Å². The molecular weight excluding hydrogens is 454 g/mol. The highest BCUT2D eigenvalue weighted by Crippen LogP contribution is 2.41. The van der Waals surface area contributed by atoms with Gasteiger partial charge in [-0.3, -0.25) is 4.79 Å². The largest absolute Gasteiger partial charge is 0.497 e. The van der Waals surface area contributed by atoms with Crippen molar-refractivity contribution in [3.63, 3.8) is 0 Å². The SMILES string of the molecule is COc1ccc(OC)c(-c2coc3cc(OC)c(/C(C)=C/C(=O)NCCCc4ccccc4)cc23)c1. The molecule has 0 fully saturated rings. The van der Waals surface area contributed by atoms with Gasteiger partial charge in [0.1, 0.15) is 22.8 Å². The first kappa shape index (κ1) is 24.9. The number of hydrogen-bond donors (Lipinski definition) is 1. The van der Waals surface area contributed by atoms with Crippen LogP contribution in [0.5, 0.6) is 17.2 Å². The van der Waals surface area contributed by atoms with E-state index >= 15 is 0 Å². The molecule has 1 N–H and O–H groups in total. The molecule has 1 aromatic heterocycles. The number of aryl methyl sites for hydroxylation is 1. The summed E-state index contributed by atoms with van der Waals surface area (Å²) in [4.78, 5) is 12.6. The lowest BCUT2D eigenvalue weighted by atomic mass is 9.98. The maximum absolute atomic E-state index is 12.6. The van der Waals surface area contributed by atoms with Crippen LogP contribution < -0.4 is 19.5 Å². The number of rotatable bonds is 10. The van der Waals surface area contributed by atoms with E-state index in [2.05, 4.69) is 17.4 Å². The molecule has 6 heteroatoms. The van der Waals surface area contributed by atoms with Crippen LogP contribution in [-0.4, -0.2) is 33.8 Å². The first-order valence-electron chi connectivity index (χ1n) is 11.9. The van der Waals surface area contributed by atoms with Crippen molar-refractivity contribution >= 4 is 22.4 Å². The van der Waals surface area contributed by atoms with Crippen molar-refractivity contribution in [1.29, 1.82) is 0 Å². The minimum atomic E-state index is -0.135. The van der Waals surface area contributed by atoms with Crippen LogP contribution in [0.3, 0.4) is 0 Å². The number of nitrogens with one attached hydrogen (secondary N) is 1. The number of hydrogen-bond acceptors (Lipinski definition) is 5. The van der Waals surface area contributed by atoms with Gasteiger partial charge in [-0.25, -0.2) is 0 Å². The van der Waals surface area contributed by atoms with Gasteiger partial charge in [-0.1, -0.05) is 30.3 Å². The van der Waals surface area contributed by atoms with Crippen molar-refractivity contribution in [2.75, 3.05) is 27.9 Å². The number of carbonyl (C=O) groups excluding carboxylic acids is 1. The number of benzene rings is 3. The van der Waals surface area contributed by atoms with Gasteiger partial charge in [0.15, 0.2) is 0 Å². The summed E-state index contributed by atoms with van der Waals surface area (Å²) < 4.78 is 22.5. The Morgan fingerprint density at radius 3 is 2.42 bits per heavy atom. The summed E-state index contributed by atoms with van der Waals surface area (Å²) in [6.45, 7) is 2.51. The predicted octanol–water partition coefficient (Wildman–Crippen LogP) is 6.28. The highest BCUT2D eigenvalue weighted by Gasteiger charge is 2.18. The normalized spacial score (nSPS) is 11.4. The number of carbonyl (C=O) groups is 1. The molecule has 186 valence electrons. The van der Waals surface area contributed by atoms with Gasteiger partial charge in [-0.05, 0) is 55.2 Å². The van der Waals surface area contributed by atoms with Crippen LogP contribution in [0.15, 0.2) is 77.4 Å². The average molecular weight is 486 g/mol. The number of fused-ring (bicyclic) bond motifs is 1. The smallest absolute Gasteiger partial charge is 0.244 e. The van der Waals surface area contributed by atoms with Crippen LogP contribution in [0.25, 0.3) is 27.7 Å². The van der Waals surface area contributed by atoms with Gasteiger partial charge in [-0.2, -0.15) is 0 Å². The maximum Gasteiger partial charge on any atom is 0.244 e. The van der Waals surface area contributed by atoms with E-state index in [1.165, 1.54) is 5.56 Å². The molecule has 0 bridgehead atoms. The highest BCUT2D eigenvalue weighted by molar-refractivity contribution is 6.01. The Morgan fingerprint density at radius 1 is 0.917 bits per heavy atom. The number of ether oxygens (including phenoxy) is 3. The summed E-state index contributed by atoms with van der Waals surface area (Å²) in [6, 6.07) is 19.7. The van der Waals surface area contributed by atoms with Gasteiger partial charge in [0.05, 0.1) is 27.6 Å². The fourth-order valence-electron chi connectivity index (χ4n) is 4.24. The summed E-state index contributed by atoms with van der Waals surface area (Å²) in [5.41, 5.74) is 5.26. The van der Waals surface area contributed by atoms with Gasteiger partial charge in [-0.15, -0.1) is 0 Å². The van der Waals surface area contributed by atoms with Crippen molar-refractivity contribution in [3.05, 3.63) is 84.1 Å². The Bertz CT molecular complexity index is 1370. The van der Waals surface area contributed by atoms with Crippen molar-refractivity contribution in [3.8, 4) is 28.4 Å². The minimum Gasteiger partial charge on any atom is -0.497 e. The lowest BCUT2D eigenvalue weighted by Crippen LogP contribution is -2.22. The molecule has 0 saturated heterocycles. The second-order valence-electron chi connectivity index (χ2n) is 8.47. The molecule has 36 heavy (non-hydrogen) atoms. The Balaban J connectivity index is 1.58. The third kappa shape index (κ3) is 5.54. The Hall–Kier alpha value is -4.19. The van der Waals surface area contributed by atoms with Crippen LogP contribution in [0.2, 0.25) is 0 Å². The molecule has 0 unspecified atom stereocenters. The quantitative estimate of drug-likeness (QED) is 0.212. The highest BCUT2D eigenvalue weighted by atomic mass is 16.5. The molecule has 0 saturated carbocycles. The summed E-state index contributed by atoms with van der Waals surface area (Å²) in [7, 11) is 4.87. The predicted molar refractivity (Wildman–Crippen MR) is 143 cm³/mol. The van der Waals surface area contributed by atoms with Crippen molar-refractivity contribution < 1.29 is 23.4 Å². The second-order valence-corrected chi connectivity index (χ2v) is 8.47. The Morgan fingerprint density at radius 2 is 1.69 bits per heavy atom. The number of furan rings is 1. The summed E-state index contributed by atoms with van der Waals surface area (Å²) in [6.07, 6.45) is 5.10. The molecule has 1 amide bonds. The van der Waals surface area contributed by atoms with Gasteiger partial charge in [0.25, 0.3) is 0 Å². The van der Waals surface area contributed by atoms with Crippen LogP contribution in [0.1, 0.15) is 24.5 Å². The van der Waals surface area contributed by atoms with Crippen LogP contribution in [0, 0.1) is 0 Å². The second kappa shape index (κ2) is 11.5. The van der Waals surface area contributed by atoms with Crippen molar-refractivity contribution in [1.82, 2.24) is 5.32 Å². The van der Waals surface area contributed by atoms with Crippen LogP contribution >= 0.6 is 0 Å². The van der Waals surface area contributed by atoms with E-state index in [-0.39, 0.29) is 5.91 Å². The molecule has 4 rings (SSSR count). The lowest BCUT2D eigenvalue weighted by molar-refractivity contribution is -0.116. The maximum atomic E-state index is 12.6. The Kier molecular flexibility index (Phi) is 7.95. The van der Waals surface area contributed by atoms with E-state index < -0.39 is 0 Å².